The summed E-state index contributed by atoms with van der Waals surface area (Å²) in [5.41, 5.74) is 0.768. The number of benzene rings is 1. The third-order valence-corrected chi connectivity index (χ3v) is 4.70. The predicted octanol–water partition coefficient (Wildman–Crippen LogP) is 3.14. The first-order valence-corrected chi connectivity index (χ1v) is 7.60. The molecule has 2 aromatic rings. The largest absolute Gasteiger partial charge is 0.378 e. The quantitative estimate of drug-likeness (QED) is 0.921. The summed E-state index contributed by atoms with van der Waals surface area (Å²) in [4.78, 5) is 8.53. The van der Waals surface area contributed by atoms with Crippen LogP contribution in [0.2, 0.25) is 0 Å². The highest BCUT2D eigenvalue weighted by atomic mass is 19.1. The lowest BCUT2D eigenvalue weighted by Gasteiger charge is -2.33. The van der Waals surface area contributed by atoms with Crippen LogP contribution >= 0.6 is 0 Å². The van der Waals surface area contributed by atoms with Crippen LogP contribution < -0.4 is 5.32 Å². The summed E-state index contributed by atoms with van der Waals surface area (Å²) in [6.45, 7) is 0.854. The van der Waals surface area contributed by atoms with E-state index >= 15 is 0 Å². The maximum absolute atomic E-state index is 13.5. The first-order chi connectivity index (χ1) is 10.3. The molecule has 1 aromatic heterocycles. The number of nitrogens with zero attached hydrogens (tertiary/aromatic N) is 2. The van der Waals surface area contributed by atoms with Gasteiger partial charge in [-0.3, -0.25) is 0 Å². The Labute approximate surface area is 122 Å². The van der Waals surface area contributed by atoms with E-state index in [0.29, 0.717) is 18.1 Å². The molecule has 1 aromatic carbocycles. The van der Waals surface area contributed by atoms with Gasteiger partial charge in [-0.2, -0.15) is 0 Å². The van der Waals surface area contributed by atoms with Gasteiger partial charge in [0.25, 0.3) is 0 Å². The van der Waals surface area contributed by atoms with E-state index in [2.05, 4.69) is 15.3 Å². The Balaban J connectivity index is 1.66. The van der Waals surface area contributed by atoms with Crippen LogP contribution in [0.15, 0.2) is 24.5 Å². The molecule has 3 atom stereocenters. The Hall–Kier alpha value is -1.75. The zero-order valence-corrected chi connectivity index (χ0v) is 11.8. The smallest absolute Gasteiger partial charge is 0.137 e. The van der Waals surface area contributed by atoms with Gasteiger partial charge in [0, 0.05) is 24.0 Å². The molecule has 4 nitrogen and oxygen atoms in total. The van der Waals surface area contributed by atoms with E-state index in [1.807, 2.05) is 0 Å². The first kappa shape index (κ1) is 13.0. The van der Waals surface area contributed by atoms with Crippen LogP contribution in [0.25, 0.3) is 10.9 Å². The maximum atomic E-state index is 13.5. The summed E-state index contributed by atoms with van der Waals surface area (Å²) >= 11 is 0. The van der Waals surface area contributed by atoms with E-state index < -0.39 is 0 Å². The summed E-state index contributed by atoms with van der Waals surface area (Å²) in [7, 11) is 0. The lowest BCUT2D eigenvalue weighted by atomic mass is 9.82. The van der Waals surface area contributed by atoms with Crippen molar-refractivity contribution >= 4 is 16.7 Å². The molecule has 1 saturated heterocycles. The second-order valence-corrected chi connectivity index (χ2v) is 5.93. The first-order valence-electron chi connectivity index (χ1n) is 7.60. The molecule has 1 aliphatic carbocycles. The van der Waals surface area contributed by atoms with Gasteiger partial charge in [0.2, 0.25) is 0 Å². The molecule has 1 saturated carbocycles. The van der Waals surface area contributed by atoms with Gasteiger partial charge in [0.05, 0.1) is 11.6 Å². The van der Waals surface area contributed by atoms with Crippen LogP contribution in [0, 0.1) is 11.7 Å². The lowest BCUT2D eigenvalue weighted by Crippen LogP contribution is -2.38. The molecule has 3 unspecified atom stereocenters. The van der Waals surface area contributed by atoms with E-state index in [1.165, 1.54) is 18.5 Å². The minimum absolute atomic E-state index is 0.258. The number of hydrogen-bond donors (Lipinski definition) is 1. The van der Waals surface area contributed by atoms with Crippen LogP contribution in [-0.2, 0) is 4.74 Å². The van der Waals surface area contributed by atoms with Crippen LogP contribution in [0.4, 0.5) is 10.2 Å². The number of nitrogens with one attached hydrogen (secondary N) is 1. The minimum atomic E-state index is -0.258. The fourth-order valence-corrected chi connectivity index (χ4v) is 3.67. The summed E-state index contributed by atoms with van der Waals surface area (Å²) in [5, 5.41) is 4.27. The molecule has 0 amide bonds. The second kappa shape index (κ2) is 5.22. The van der Waals surface area contributed by atoms with Crippen molar-refractivity contribution in [3.8, 4) is 0 Å². The van der Waals surface area contributed by atoms with E-state index in [1.54, 1.807) is 6.07 Å². The molecule has 110 valence electrons. The summed E-state index contributed by atoms with van der Waals surface area (Å²) < 4.78 is 19.3. The highest BCUT2D eigenvalue weighted by Gasteiger charge is 2.37. The van der Waals surface area contributed by atoms with Gasteiger partial charge < -0.3 is 10.1 Å². The highest BCUT2D eigenvalue weighted by molar-refractivity contribution is 5.88. The van der Waals surface area contributed by atoms with Crippen molar-refractivity contribution in [3.63, 3.8) is 0 Å². The number of rotatable bonds is 2. The number of aromatic nitrogens is 2. The lowest BCUT2D eigenvalue weighted by molar-refractivity contribution is 0.0620. The number of ether oxygens (including phenoxy) is 1. The zero-order chi connectivity index (χ0) is 14.2. The zero-order valence-electron chi connectivity index (χ0n) is 11.8. The maximum Gasteiger partial charge on any atom is 0.137 e. The monoisotopic (exact) mass is 287 g/mol. The number of hydrogen-bond acceptors (Lipinski definition) is 4. The van der Waals surface area contributed by atoms with Crippen molar-refractivity contribution < 1.29 is 9.13 Å². The van der Waals surface area contributed by atoms with E-state index in [4.69, 9.17) is 4.74 Å². The SMILES string of the molecule is Fc1ccc2ncnc(NC3CCCC4OCCC34)c2c1. The van der Waals surface area contributed by atoms with Gasteiger partial charge >= 0.3 is 0 Å². The topological polar surface area (TPSA) is 47.0 Å². The minimum Gasteiger partial charge on any atom is -0.378 e. The van der Waals surface area contributed by atoms with Gasteiger partial charge in [-0.15, -0.1) is 0 Å². The summed E-state index contributed by atoms with van der Waals surface area (Å²) in [6.07, 6.45) is 6.44. The van der Waals surface area contributed by atoms with Crippen molar-refractivity contribution in [2.45, 2.75) is 37.8 Å². The molecule has 2 heterocycles. The standard InChI is InChI=1S/C16H18FN3O/c17-10-4-5-13-12(8-10)16(19-9-18-13)20-14-2-1-3-15-11(14)6-7-21-15/h4-5,8-9,11,14-15H,1-3,6-7H2,(H,18,19,20). The molecule has 0 radical (unpaired) electrons. The molecule has 0 spiro atoms. The summed E-state index contributed by atoms with van der Waals surface area (Å²) in [5.74, 6) is 1.01. The van der Waals surface area contributed by atoms with Crippen LogP contribution in [0.3, 0.4) is 0 Å². The van der Waals surface area contributed by atoms with E-state index in [0.717, 1.165) is 49.0 Å². The van der Waals surface area contributed by atoms with Crippen molar-refractivity contribution in [2.75, 3.05) is 11.9 Å². The second-order valence-electron chi connectivity index (χ2n) is 5.93. The Bertz CT molecular complexity index is 663. The highest BCUT2D eigenvalue weighted by Crippen LogP contribution is 2.36. The Kier molecular flexibility index (Phi) is 3.22. The third-order valence-electron chi connectivity index (χ3n) is 4.70. The molecular weight excluding hydrogens is 269 g/mol. The number of halogens is 1. The van der Waals surface area contributed by atoms with Crippen LogP contribution in [0.5, 0.6) is 0 Å². The van der Waals surface area contributed by atoms with Gasteiger partial charge in [-0.05, 0) is 43.9 Å². The fourth-order valence-electron chi connectivity index (χ4n) is 3.67. The molecule has 4 rings (SSSR count). The third kappa shape index (κ3) is 2.35. The Morgan fingerprint density at radius 1 is 1.19 bits per heavy atom. The van der Waals surface area contributed by atoms with Crippen molar-refractivity contribution in [2.24, 2.45) is 5.92 Å². The molecule has 21 heavy (non-hydrogen) atoms. The molecule has 0 bridgehead atoms. The average Bonchev–Trinajstić information content (AvgIpc) is 2.97. The number of fused-ring (bicyclic) bond motifs is 2. The summed E-state index contributed by atoms with van der Waals surface area (Å²) in [6, 6.07) is 4.98. The molecule has 5 heteroatoms. The van der Waals surface area contributed by atoms with Crippen molar-refractivity contribution in [3.05, 3.63) is 30.3 Å². The fraction of sp³-hybridized carbons (Fsp3) is 0.500. The number of anilines is 1. The molecule has 2 aliphatic rings. The molecular formula is C16H18FN3O. The van der Waals surface area contributed by atoms with E-state index in [-0.39, 0.29) is 5.82 Å². The molecule has 1 N–H and O–H groups in total. The normalized spacial score (nSPS) is 28.5. The van der Waals surface area contributed by atoms with Gasteiger partial charge in [0.1, 0.15) is 18.0 Å². The Morgan fingerprint density at radius 3 is 3.10 bits per heavy atom. The van der Waals surface area contributed by atoms with Crippen molar-refractivity contribution in [1.29, 1.82) is 0 Å². The average molecular weight is 287 g/mol. The van der Waals surface area contributed by atoms with E-state index in [9.17, 15) is 4.39 Å². The molecule has 1 aliphatic heterocycles. The van der Waals surface area contributed by atoms with Crippen molar-refractivity contribution in [1.82, 2.24) is 9.97 Å². The van der Waals surface area contributed by atoms with Gasteiger partial charge in [-0.1, -0.05) is 0 Å². The van der Waals surface area contributed by atoms with Crippen LogP contribution in [-0.4, -0.2) is 28.7 Å². The predicted molar refractivity (Wildman–Crippen MR) is 78.6 cm³/mol. The molecule has 2 fully saturated rings. The van der Waals surface area contributed by atoms with Crippen LogP contribution in [0.1, 0.15) is 25.7 Å². The Morgan fingerprint density at radius 2 is 2.14 bits per heavy atom. The van der Waals surface area contributed by atoms with Gasteiger partial charge in [0.15, 0.2) is 0 Å². The van der Waals surface area contributed by atoms with Gasteiger partial charge in [-0.25, -0.2) is 14.4 Å².